The van der Waals surface area contributed by atoms with Gasteiger partial charge in [-0.25, -0.2) is 0 Å². The van der Waals surface area contributed by atoms with Crippen LogP contribution < -0.4 is 5.73 Å². The quantitative estimate of drug-likeness (QED) is 0.846. The van der Waals surface area contributed by atoms with Gasteiger partial charge in [0.15, 0.2) is 0 Å². The Balaban J connectivity index is 2.09. The normalized spacial score (nSPS) is 11.2. The van der Waals surface area contributed by atoms with Crippen LogP contribution in [0.3, 0.4) is 0 Å². The highest BCUT2D eigenvalue weighted by atomic mass is 15.1. The van der Waals surface area contributed by atoms with E-state index in [2.05, 4.69) is 48.9 Å². The molecule has 0 fully saturated rings. The molecule has 2 rings (SSSR count). The van der Waals surface area contributed by atoms with Crippen LogP contribution in [-0.2, 0) is 13.1 Å². The number of aryl methyl sites for hydroxylation is 1. The van der Waals surface area contributed by atoms with Crippen molar-refractivity contribution >= 4 is 5.69 Å². The molecule has 0 amide bonds. The Morgan fingerprint density at radius 3 is 2.30 bits per heavy atom. The number of nitrogens with two attached hydrogens (primary N) is 1. The Bertz CT molecular complexity index is 546. The van der Waals surface area contributed by atoms with Crippen LogP contribution in [0.5, 0.6) is 0 Å². The first kappa shape index (κ1) is 14.5. The third kappa shape index (κ3) is 4.07. The highest BCUT2D eigenvalue weighted by Crippen LogP contribution is 2.14. The summed E-state index contributed by atoms with van der Waals surface area (Å²) < 4.78 is 0. The summed E-state index contributed by atoms with van der Waals surface area (Å²) in [5, 5.41) is 0. The van der Waals surface area contributed by atoms with E-state index in [9.17, 15) is 0 Å². The van der Waals surface area contributed by atoms with Crippen molar-refractivity contribution in [3.8, 4) is 0 Å². The summed E-state index contributed by atoms with van der Waals surface area (Å²) >= 11 is 0. The summed E-state index contributed by atoms with van der Waals surface area (Å²) in [4.78, 5) is 6.70. The molecule has 1 aromatic heterocycles. The van der Waals surface area contributed by atoms with Crippen LogP contribution >= 0.6 is 0 Å². The standard InChI is InChI=1S/C17H23N3/c1-13(2)20(11-15-4-6-17(18)7-5-15)12-16-8-14(3)9-19-10-16/h4-10,13H,11-12,18H2,1-3H3. The molecule has 3 heteroatoms. The van der Waals surface area contributed by atoms with Gasteiger partial charge in [-0.1, -0.05) is 18.2 Å². The van der Waals surface area contributed by atoms with Gasteiger partial charge in [-0.05, 0) is 49.6 Å². The number of nitrogen functional groups attached to an aromatic ring is 1. The van der Waals surface area contributed by atoms with Gasteiger partial charge in [-0.2, -0.15) is 0 Å². The Labute approximate surface area is 121 Å². The van der Waals surface area contributed by atoms with E-state index in [-0.39, 0.29) is 0 Å². The van der Waals surface area contributed by atoms with Crippen LogP contribution in [0.2, 0.25) is 0 Å². The van der Waals surface area contributed by atoms with Gasteiger partial charge in [-0.3, -0.25) is 9.88 Å². The van der Waals surface area contributed by atoms with Crippen molar-refractivity contribution in [1.29, 1.82) is 0 Å². The van der Waals surface area contributed by atoms with Crippen molar-refractivity contribution in [2.75, 3.05) is 5.73 Å². The van der Waals surface area contributed by atoms with Gasteiger partial charge in [0, 0.05) is 37.2 Å². The number of nitrogens with zero attached hydrogens (tertiary/aromatic N) is 2. The van der Waals surface area contributed by atoms with Crippen LogP contribution in [0.15, 0.2) is 42.7 Å². The van der Waals surface area contributed by atoms with Crippen LogP contribution in [0.4, 0.5) is 5.69 Å². The number of aromatic nitrogens is 1. The summed E-state index contributed by atoms with van der Waals surface area (Å²) in [5.41, 5.74) is 10.3. The lowest BCUT2D eigenvalue weighted by atomic mass is 10.1. The fourth-order valence-electron chi connectivity index (χ4n) is 2.22. The zero-order chi connectivity index (χ0) is 14.5. The van der Waals surface area contributed by atoms with E-state index >= 15 is 0 Å². The molecule has 0 bridgehead atoms. The highest BCUT2D eigenvalue weighted by Gasteiger charge is 2.11. The Morgan fingerprint density at radius 2 is 1.70 bits per heavy atom. The van der Waals surface area contributed by atoms with Crippen LogP contribution in [0.25, 0.3) is 0 Å². The van der Waals surface area contributed by atoms with Gasteiger partial charge in [0.25, 0.3) is 0 Å². The van der Waals surface area contributed by atoms with E-state index in [4.69, 9.17) is 5.73 Å². The Morgan fingerprint density at radius 1 is 1.05 bits per heavy atom. The van der Waals surface area contributed by atoms with Gasteiger partial charge in [-0.15, -0.1) is 0 Å². The van der Waals surface area contributed by atoms with Gasteiger partial charge in [0.05, 0.1) is 0 Å². The predicted octanol–water partition coefficient (Wildman–Crippen LogP) is 3.38. The summed E-state index contributed by atoms with van der Waals surface area (Å²) in [6, 6.07) is 10.8. The fourth-order valence-corrected chi connectivity index (χ4v) is 2.22. The first-order valence-electron chi connectivity index (χ1n) is 7.03. The molecule has 1 heterocycles. The van der Waals surface area contributed by atoms with E-state index in [1.807, 2.05) is 24.5 Å². The molecule has 106 valence electrons. The number of hydrogen-bond donors (Lipinski definition) is 1. The Kier molecular flexibility index (Phi) is 4.74. The summed E-state index contributed by atoms with van der Waals surface area (Å²) in [7, 11) is 0. The first-order valence-corrected chi connectivity index (χ1v) is 7.03. The minimum atomic E-state index is 0.480. The van der Waals surface area contributed by atoms with E-state index in [1.165, 1.54) is 16.7 Å². The summed E-state index contributed by atoms with van der Waals surface area (Å²) in [5.74, 6) is 0. The van der Waals surface area contributed by atoms with E-state index < -0.39 is 0 Å². The van der Waals surface area contributed by atoms with Crippen molar-refractivity contribution in [2.24, 2.45) is 0 Å². The van der Waals surface area contributed by atoms with E-state index in [0.29, 0.717) is 6.04 Å². The van der Waals surface area contributed by atoms with Crippen molar-refractivity contribution in [2.45, 2.75) is 39.9 Å². The molecule has 2 N–H and O–H groups in total. The summed E-state index contributed by atoms with van der Waals surface area (Å²) in [6.45, 7) is 8.36. The highest BCUT2D eigenvalue weighted by molar-refractivity contribution is 5.39. The largest absolute Gasteiger partial charge is 0.399 e. The second kappa shape index (κ2) is 6.53. The molecule has 0 aliphatic rings. The molecule has 3 nitrogen and oxygen atoms in total. The van der Waals surface area contributed by atoms with Gasteiger partial charge >= 0.3 is 0 Å². The van der Waals surface area contributed by atoms with Crippen molar-refractivity contribution < 1.29 is 0 Å². The summed E-state index contributed by atoms with van der Waals surface area (Å²) in [6.07, 6.45) is 3.84. The SMILES string of the molecule is Cc1cncc(CN(Cc2ccc(N)cc2)C(C)C)c1. The number of hydrogen-bond acceptors (Lipinski definition) is 3. The van der Waals surface area contributed by atoms with Crippen molar-refractivity contribution in [3.05, 3.63) is 59.4 Å². The predicted molar refractivity (Wildman–Crippen MR) is 84.2 cm³/mol. The zero-order valence-electron chi connectivity index (χ0n) is 12.5. The molecule has 0 aliphatic heterocycles. The van der Waals surface area contributed by atoms with E-state index in [1.54, 1.807) is 0 Å². The van der Waals surface area contributed by atoms with Gasteiger partial charge in [0.1, 0.15) is 0 Å². The molecule has 0 spiro atoms. The maximum Gasteiger partial charge on any atom is 0.0314 e. The number of rotatable bonds is 5. The van der Waals surface area contributed by atoms with Gasteiger partial charge < -0.3 is 5.73 Å². The monoisotopic (exact) mass is 269 g/mol. The van der Waals surface area contributed by atoms with Crippen LogP contribution in [-0.4, -0.2) is 15.9 Å². The third-order valence-electron chi connectivity index (χ3n) is 3.41. The minimum absolute atomic E-state index is 0.480. The van der Waals surface area contributed by atoms with Crippen LogP contribution in [0.1, 0.15) is 30.5 Å². The van der Waals surface area contributed by atoms with Gasteiger partial charge in [0.2, 0.25) is 0 Å². The smallest absolute Gasteiger partial charge is 0.0314 e. The minimum Gasteiger partial charge on any atom is -0.399 e. The molecule has 0 saturated heterocycles. The molecule has 0 unspecified atom stereocenters. The molecule has 0 saturated carbocycles. The average molecular weight is 269 g/mol. The zero-order valence-corrected chi connectivity index (χ0v) is 12.5. The van der Waals surface area contributed by atoms with Crippen molar-refractivity contribution in [1.82, 2.24) is 9.88 Å². The third-order valence-corrected chi connectivity index (χ3v) is 3.41. The molecule has 20 heavy (non-hydrogen) atoms. The Hall–Kier alpha value is -1.87. The maximum atomic E-state index is 5.74. The molecule has 0 aliphatic carbocycles. The first-order chi connectivity index (χ1) is 9.54. The molecule has 0 radical (unpaired) electrons. The molecule has 2 aromatic rings. The van der Waals surface area contributed by atoms with Crippen molar-refractivity contribution in [3.63, 3.8) is 0 Å². The second-order valence-corrected chi connectivity index (χ2v) is 5.61. The molecule has 1 aromatic carbocycles. The lowest BCUT2D eigenvalue weighted by Gasteiger charge is -2.26. The maximum absolute atomic E-state index is 5.74. The number of pyridine rings is 1. The second-order valence-electron chi connectivity index (χ2n) is 5.61. The number of benzene rings is 1. The lowest BCUT2D eigenvalue weighted by molar-refractivity contribution is 0.203. The fraction of sp³-hybridized carbons (Fsp3) is 0.353. The topological polar surface area (TPSA) is 42.2 Å². The lowest BCUT2D eigenvalue weighted by Crippen LogP contribution is -2.29. The molecular weight excluding hydrogens is 246 g/mol. The molecule has 0 atom stereocenters. The van der Waals surface area contributed by atoms with E-state index in [0.717, 1.165) is 18.8 Å². The number of anilines is 1. The molecular formula is C17H23N3. The average Bonchev–Trinajstić information content (AvgIpc) is 2.40. The van der Waals surface area contributed by atoms with Crippen LogP contribution in [0, 0.1) is 6.92 Å².